The van der Waals surface area contributed by atoms with Crippen LogP contribution in [0.15, 0.2) is 52.3 Å². The molecule has 0 atom stereocenters. The van der Waals surface area contributed by atoms with Gasteiger partial charge in [0.05, 0.1) is 6.54 Å². The van der Waals surface area contributed by atoms with Gasteiger partial charge in [-0.2, -0.15) is 0 Å². The zero-order chi connectivity index (χ0) is 20.4. The summed E-state index contributed by atoms with van der Waals surface area (Å²) in [6.45, 7) is 5.27. The Bertz CT molecular complexity index is 1130. The molecule has 1 aromatic carbocycles. The zero-order valence-corrected chi connectivity index (χ0v) is 15.8. The summed E-state index contributed by atoms with van der Waals surface area (Å²) >= 11 is 0. The first-order valence-electron chi connectivity index (χ1n) is 8.85. The lowest BCUT2D eigenvalue weighted by Crippen LogP contribution is -2.38. The number of nitrogens with one attached hydrogen (secondary N) is 1. The van der Waals surface area contributed by atoms with E-state index in [0.717, 1.165) is 11.6 Å². The Kier molecular flexibility index (Phi) is 5.35. The molecule has 0 aliphatic heterocycles. The largest absolute Gasteiger partial charge is 0.329 e. The number of pyridine rings is 1. The molecule has 3 aromatic rings. The molecule has 0 aliphatic rings. The zero-order valence-electron chi connectivity index (χ0n) is 15.8. The molecule has 0 amide bonds. The van der Waals surface area contributed by atoms with Gasteiger partial charge in [0, 0.05) is 23.5 Å². The van der Waals surface area contributed by atoms with Crippen LogP contribution < -0.4 is 11.2 Å². The van der Waals surface area contributed by atoms with Crippen LogP contribution in [0, 0.1) is 12.7 Å². The Morgan fingerprint density at radius 3 is 2.46 bits per heavy atom. The number of aromatic nitrogens is 3. The number of carbonyl (C=O) groups is 1. The maximum absolute atomic E-state index is 13.9. The number of carbonyl (C=O) groups excluding carboxylic acids is 1. The molecular formula is C21H20FN3O3. The molecular weight excluding hydrogens is 361 g/mol. The van der Waals surface area contributed by atoms with Crippen molar-refractivity contribution in [2.45, 2.75) is 33.2 Å². The second kappa shape index (κ2) is 7.72. The van der Waals surface area contributed by atoms with E-state index in [0.29, 0.717) is 5.56 Å². The molecule has 6 nitrogen and oxygen atoms in total. The molecule has 28 heavy (non-hydrogen) atoms. The quantitative estimate of drug-likeness (QED) is 0.689. The Hall–Kier alpha value is -3.35. The molecule has 0 fully saturated rings. The van der Waals surface area contributed by atoms with Crippen LogP contribution in [0.1, 0.15) is 52.5 Å². The fraction of sp³-hybridized carbons (Fsp3) is 0.238. The summed E-state index contributed by atoms with van der Waals surface area (Å²) in [6, 6.07) is 7.39. The number of aromatic amines is 1. The average molecular weight is 381 g/mol. The maximum Gasteiger partial charge on any atom is 0.329 e. The van der Waals surface area contributed by atoms with Gasteiger partial charge < -0.3 is 0 Å². The van der Waals surface area contributed by atoms with Gasteiger partial charge in [-0.05, 0) is 54.3 Å². The topological polar surface area (TPSA) is 84.8 Å². The van der Waals surface area contributed by atoms with Crippen molar-refractivity contribution in [1.29, 1.82) is 0 Å². The average Bonchev–Trinajstić information content (AvgIpc) is 2.62. The molecule has 0 saturated heterocycles. The minimum atomic E-state index is -0.692. The van der Waals surface area contributed by atoms with Crippen LogP contribution in [0.2, 0.25) is 0 Å². The van der Waals surface area contributed by atoms with Crippen molar-refractivity contribution in [1.82, 2.24) is 14.5 Å². The second-order valence-electron chi connectivity index (χ2n) is 6.96. The standard InChI is InChI=1S/C21H20FN3O3/c1-12(2)17-18(19(26)15-8-13(3)9-16(22)10-15)25(21(28)24-20(17)27)11-14-4-6-23-7-5-14/h4-10,12H,11H2,1-3H3,(H,24,27,28). The number of nitrogens with zero attached hydrogens (tertiary/aromatic N) is 2. The first kappa shape index (κ1) is 19.4. The van der Waals surface area contributed by atoms with Crippen LogP contribution in [0.3, 0.4) is 0 Å². The van der Waals surface area contributed by atoms with Crippen molar-refractivity contribution in [2.75, 3.05) is 0 Å². The van der Waals surface area contributed by atoms with Crippen molar-refractivity contribution in [3.05, 3.63) is 97.3 Å². The highest BCUT2D eigenvalue weighted by molar-refractivity contribution is 6.09. The van der Waals surface area contributed by atoms with Crippen LogP contribution in [-0.4, -0.2) is 20.3 Å². The second-order valence-corrected chi connectivity index (χ2v) is 6.96. The molecule has 0 bridgehead atoms. The summed E-state index contributed by atoms with van der Waals surface area (Å²) in [5.74, 6) is -1.44. The van der Waals surface area contributed by atoms with Crippen LogP contribution in [0.4, 0.5) is 4.39 Å². The highest BCUT2D eigenvalue weighted by atomic mass is 19.1. The number of halogens is 1. The van der Waals surface area contributed by atoms with E-state index in [1.54, 1.807) is 45.3 Å². The van der Waals surface area contributed by atoms with Crippen molar-refractivity contribution < 1.29 is 9.18 Å². The lowest BCUT2D eigenvalue weighted by atomic mass is 9.96. The minimum Gasteiger partial charge on any atom is -0.287 e. The van der Waals surface area contributed by atoms with E-state index in [1.807, 2.05) is 0 Å². The fourth-order valence-electron chi connectivity index (χ4n) is 3.19. The van der Waals surface area contributed by atoms with Crippen LogP contribution in [0.25, 0.3) is 0 Å². The monoisotopic (exact) mass is 381 g/mol. The van der Waals surface area contributed by atoms with Gasteiger partial charge in [-0.1, -0.05) is 13.8 Å². The van der Waals surface area contributed by atoms with Gasteiger partial charge in [-0.15, -0.1) is 0 Å². The molecule has 3 rings (SSSR count). The third-order valence-corrected chi connectivity index (χ3v) is 4.42. The molecule has 0 aliphatic carbocycles. The number of ketones is 1. The van der Waals surface area contributed by atoms with E-state index in [2.05, 4.69) is 9.97 Å². The molecule has 1 N–H and O–H groups in total. The number of hydrogen-bond acceptors (Lipinski definition) is 4. The van der Waals surface area contributed by atoms with E-state index in [-0.39, 0.29) is 29.3 Å². The SMILES string of the molecule is Cc1cc(F)cc(C(=O)c2c(C(C)C)c(=O)[nH]c(=O)n2Cc2ccncc2)c1. The van der Waals surface area contributed by atoms with Crippen molar-refractivity contribution in [3.63, 3.8) is 0 Å². The summed E-state index contributed by atoms with van der Waals surface area (Å²) in [5, 5.41) is 0. The number of rotatable bonds is 5. The first-order chi connectivity index (χ1) is 13.3. The number of H-pyrrole nitrogens is 1. The number of aryl methyl sites for hydroxylation is 1. The Balaban J connectivity index is 2.28. The molecule has 144 valence electrons. The molecule has 2 heterocycles. The third-order valence-electron chi connectivity index (χ3n) is 4.42. The van der Waals surface area contributed by atoms with Gasteiger partial charge in [-0.25, -0.2) is 9.18 Å². The van der Waals surface area contributed by atoms with Crippen LogP contribution in [0.5, 0.6) is 0 Å². The van der Waals surface area contributed by atoms with Crippen molar-refractivity contribution >= 4 is 5.78 Å². The van der Waals surface area contributed by atoms with Crippen molar-refractivity contribution in [2.24, 2.45) is 0 Å². The maximum atomic E-state index is 13.9. The van der Waals surface area contributed by atoms with E-state index >= 15 is 0 Å². The fourth-order valence-corrected chi connectivity index (χ4v) is 3.19. The predicted octanol–water partition coefficient (Wildman–Crippen LogP) is 2.78. The Morgan fingerprint density at radius 2 is 1.86 bits per heavy atom. The van der Waals surface area contributed by atoms with Crippen LogP contribution in [-0.2, 0) is 6.54 Å². The Labute approximate surface area is 160 Å². The first-order valence-corrected chi connectivity index (χ1v) is 8.85. The van der Waals surface area contributed by atoms with Gasteiger partial charge >= 0.3 is 5.69 Å². The summed E-state index contributed by atoms with van der Waals surface area (Å²) in [4.78, 5) is 44.6. The summed E-state index contributed by atoms with van der Waals surface area (Å²) < 4.78 is 15.1. The summed E-state index contributed by atoms with van der Waals surface area (Å²) in [6.07, 6.45) is 3.15. The van der Waals surface area contributed by atoms with Gasteiger partial charge in [0.2, 0.25) is 5.78 Å². The molecule has 0 radical (unpaired) electrons. The van der Waals surface area contributed by atoms with E-state index < -0.39 is 22.8 Å². The van der Waals surface area contributed by atoms with Crippen LogP contribution >= 0.6 is 0 Å². The number of benzene rings is 1. The van der Waals surface area contributed by atoms with Crippen molar-refractivity contribution in [3.8, 4) is 0 Å². The lowest BCUT2D eigenvalue weighted by Gasteiger charge is -2.17. The molecule has 2 aromatic heterocycles. The van der Waals surface area contributed by atoms with Gasteiger partial charge in [-0.3, -0.25) is 24.1 Å². The normalized spacial score (nSPS) is 11.0. The predicted molar refractivity (Wildman–Crippen MR) is 103 cm³/mol. The van der Waals surface area contributed by atoms with E-state index in [1.165, 1.54) is 16.7 Å². The molecule has 0 saturated carbocycles. The smallest absolute Gasteiger partial charge is 0.287 e. The van der Waals surface area contributed by atoms with E-state index in [9.17, 15) is 18.8 Å². The lowest BCUT2D eigenvalue weighted by molar-refractivity contribution is 0.102. The number of hydrogen-bond donors (Lipinski definition) is 1. The highest BCUT2D eigenvalue weighted by Crippen LogP contribution is 2.20. The van der Waals surface area contributed by atoms with E-state index in [4.69, 9.17) is 0 Å². The van der Waals surface area contributed by atoms with Gasteiger partial charge in [0.15, 0.2) is 0 Å². The molecule has 0 spiro atoms. The minimum absolute atomic E-state index is 0.0226. The third kappa shape index (κ3) is 3.83. The molecule has 7 heteroatoms. The summed E-state index contributed by atoms with van der Waals surface area (Å²) in [5.41, 5.74) is 0.273. The van der Waals surface area contributed by atoms with Gasteiger partial charge in [0.1, 0.15) is 11.5 Å². The Morgan fingerprint density at radius 1 is 1.18 bits per heavy atom. The highest BCUT2D eigenvalue weighted by Gasteiger charge is 2.25. The summed E-state index contributed by atoms with van der Waals surface area (Å²) in [7, 11) is 0. The van der Waals surface area contributed by atoms with Gasteiger partial charge in [0.25, 0.3) is 5.56 Å². The molecule has 0 unspecified atom stereocenters.